The number of amides is 2. The van der Waals surface area contributed by atoms with E-state index in [4.69, 9.17) is 10.5 Å². The zero-order valence-electron chi connectivity index (χ0n) is 10.8. The van der Waals surface area contributed by atoms with E-state index in [-0.39, 0.29) is 12.1 Å². The first-order valence-electron chi connectivity index (χ1n) is 6.05. The second-order valence-electron chi connectivity index (χ2n) is 4.47. The lowest BCUT2D eigenvalue weighted by molar-refractivity contribution is 0.218. The monoisotopic (exact) mass is 249 g/mol. The van der Waals surface area contributed by atoms with Crippen LogP contribution in [0.15, 0.2) is 18.2 Å². The van der Waals surface area contributed by atoms with Gasteiger partial charge in [-0.1, -0.05) is 12.1 Å². The Kier molecular flexibility index (Phi) is 3.72. The highest BCUT2D eigenvalue weighted by Crippen LogP contribution is 2.25. The van der Waals surface area contributed by atoms with Crippen LogP contribution in [0.25, 0.3) is 0 Å². The van der Waals surface area contributed by atoms with Gasteiger partial charge in [0.25, 0.3) is 0 Å². The average Bonchev–Trinajstić information content (AvgIpc) is 2.71. The Bertz CT molecular complexity index is 448. The number of nitrogens with two attached hydrogens (primary N) is 1. The summed E-state index contributed by atoms with van der Waals surface area (Å²) < 4.78 is 5.23. The van der Waals surface area contributed by atoms with E-state index in [1.807, 2.05) is 19.1 Å². The summed E-state index contributed by atoms with van der Waals surface area (Å²) in [4.78, 5) is 13.4. The molecule has 0 aliphatic carbocycles. The van der Waals surface area contributed by atoms with Gasteiger partial charge in [0.2, 0.25) is 0 Å². The Hall–Kier alpha value is -1.75. The fourth-order valence-electron chi connectivity index (χ4n) is 2.25. The van der Waals surface area contributed by atoms with Gasteiger partial charge < -0.3 is 20.7 Å². The van der Waals surface area contributed by atoms with Crippen molar-refractivity contribution in [1.82, 2.24) is 10.2 Å². The number of aryl methyl sites for hydroxylation is 1. The van der Waals surface area contributed by atoms with Crippen LogP contribution in [-0.4, -0.2) is 37.7 Å². The van der Waals surface area contributed by atoms with E-state index in [1.54, 1.807) is 12.0 Å². The molecule has 1 aromatic rings. The van der Waals surface area contributed by atoms with Gasteiger partial charge in [0, 0.05) is 19.6 Å². The molecule has 0 saturated carbocycles. The minimum Gasteiger partial charge on any atom is -0.496 e. The molecule has 1 saturated heterocycles. The lowest BCUT2D eigenvalue weighted by Crippen LogP contribution is -2.32. The van der Waals surface area contributed by atoms with Crippen LogP contribution < -0.4 is 15.8 Å². The van der Waals surface area contributed by atoms with Crippen molar-refractivity contribution in [3.63, 3.8) is 0 Å². The van der Waals surface area contributed by atoms with Gasteiger partial charge in [-0.15, -0.1) is 0 Å². The number of hydrogen-bond acceptors (Lipinski definition) is 3. The first-order chi connectivity index (χ1) is 8.65. The van der Waals surface area contributed by atoms with Crippen molar-refractivity contribution in [2.75, 3.05) is 26.7 Å². The molecule has 0 spiro atoms. The van der Waals surface area contributed by atoms with E-state index < -0.39 is 0 Å². The number of hydrogen-bond donors (Lipinski definition) is 2. The van der Waals surface area contributed by atoms with E-state index in [2.05, 4.69) is 11.4 Å². The Morgan fingerprint density at radius 3 is 2.94 bits per heavy atom. The molecule has 98 valence electrons. The van der Waals surface area contributed by atoms with Crippen molar-refractivity contribution < 1.29 is 9.53 Å². The van der Waals surface area contributed by atoms with Gasteiger partial charge in [-0.2, -0.15) is 0 Å². The van der Waals surface area contributed by atoms with Gasteiger partial charge in [0.05, 0.1) is 13.2 Å². The molecular weight excluding hydrogens is 230 g/mol. The van der Waals surface area contributed by atoms with Crippen LogP contribution in [0.4, 0.5) is 4.79 Å². The van der Waals surface area contributed by atoms with Crippen molar-refractivity contribution >= 4 is 6.03 Å². The highest BCUT2D eigenvalue weighted by Gasteiger charge is 2.29. The van der Waals surface area contributed by atoms with Gasteiger partial charge in [-0.05, 0) is 24.1 Å². The van der Waals surface area contributed by atoms with Crippen LogP contribution in [0.2, 0.25) is 0 Å². The summed E-state index contributed by atoms with van der Waals surface area (Å²) in [6.45, 7) is 3.75. The van der Waals surface area contributed by atoms with Crippen molar-refractivity contribution in [2.24, 2.45) is 5.73 Å². The van der Waals surface area contributed by atoms with Gasteiger partial charge >= 0.3 is 6.03 Å². The average molecular weight is 249 g/mol. The van der Waals surface area contributed by atoms with E-state index in [0.717, 1.165) is 16.9 Å². The predicted octanol–water partition coefficient (Wildman–Crippen LogP) is 1.03. The number of methoxy groups -OCH3 is 1. The third kappa shape index (κ3) is 2.41. The number of nitrogens with one attached hydrogen (secondary N) is 1. The summed E-state index contributed by atoms with van der Waals surface area (Å²) in [5.41, 5.74) is 7.65. The summed E-state index contributed by atoms with van der Waals surface area (Å²) >= 11 is 0. The maximum atomic E-state index is 11.7. The van der Waals surface area contributed by atoms with Gasteiger partial charge in [-0.3, -0.25) is 0 Å². The Labute approximate surface area is 107 Å². The molecule has 1 heterocycles. The first kappa shape index (κ1) is 12.7. The molecule has 1 aliphatic rings. The van der Waals surface area contributed by atoms with Crippen LogP contribution in [0.1, 0.15) is 17.2 Å². The molecule has 1 aromatic carbocycles. The fourth-order valence-corrected chi connectivity index (χ4v) is 2.25. The summed E-state index contributed by atoms with van der Waals surface area (Å²) in [5.74, 6) is 0.863. The van der Waals surface area contributed by atoms with Crippen molar-refractivity contribution in [3.05, 3.63) is 29.3 Å². The minimum absolute atomic E-state index is 0.0358. The lowest BCUT2D eigenvalue weighted by atomic mass is 10.0. The molecule has 5 nitrogen and oxygen atoms in total. The molecule has 3 N–H and O–H groups in total. The van der Waals surface area contributed by atoms with E-state index in [9.17, 15) is 4.79 Å². The summed E-state index contributed by atoms with van der Waals surface area (Å²) in [6.07, 6.45) is 0. The van der Waals surface area contributed by atoms with Crippen LogP contribution in [0.3, 0.4) is 0 Å². The normalized spacial score (nSPS) is 18.9. The maximum absolute atomic E-state index is 11.7. The number of benzene rings is 1. The van der Waals surface area contributed by atoms with Crippen LogP contribution in [0.5, 0.6) is 5.75 Å². The highest BCUT2D eigenvalue weighted by atomic mass is 16.5. The molecule has 1 unspecified atom stereocenters. The third-order valence-corrected chi connectivity index (χ3v) is 3.21. The fraction of sp³-hybridized carbons (Fsp3) is 0.462. The lowest BCUT2D eigenvalue weighted by Gasteiger charge is -2.14. The van der Waals surface area contributed by atoms with Crippen molar-refractivity contribution in [3.8, 4) is 5.75 Å². The molecule has 18 heavy (non-hydrogen) atoms. The van der Waals surface area contributed by atoms with Crippen LogP contribution in [0, 0.1) is 6.92 Å². The maximum Gasteiger partial charge on any atom is 0.318 e. The summed E-state index contributed by atoms with van der Waals surface area (Å²) in [5, 5.41) is 2.96. The molecule has 1 atom stereocenters. The molecule has 0 bridgehead atoms. The topological polar surface area (TPSA) is 67.6 Å². The molecular formula is C13H19N3O2. The number of rotatable bonds is 4. The second-order valence-corrected chi connectivity index (χ2v) is 4.47. The molecule has 1 aliphatic heterocycles. The molecule has 1 fully saturated rings. The second kappa shape index (κ2) is 5.27. The quantitative estimate of drug-likeness (QED) is 0.837. The number of nitrogens with zero attached hydrogens (tertiary/aromatic N) is 1. The van der Waals surface area contributed by atoms with E-state index in [1.165, 1.54) is 0 Å². The first-order valence-corrected chi connectivity index (χ1v) is 6.05. The van der Waals surface area contributed by atoms with Crippen LogP contribution >= 0.6 is 0 Å². The predicted molar refractivity (Wildman–Crippen MR) is 69.6 cm³/mol. The number of urea groups is 1. The van der Waals surface area contributed by atoms with Gasteiger partial charge in [0.1, 0.15) is 5.75 Å². The van der Waals surface area contributed by atoms with Crippen LogP contribution in [-0.2, 0) is 0 Å². The summed E-state index contributed by atoms with van der Waals surface area (Å²) in [7, 11) is 1.66. The summed E-state index contributed by atoms with van der Waals surface area (Å²) in [6, 6.07) is 5.97. The molecule has 0 aromatic heterocycles. The zero-order chi connectivity index (χ0) is 13.1. The molecule has 5 heteroatoms. The Morgan fingerprint density at radius 2 is 2.33 bits per heavy atom. The van der Waals surface area contributed by atoms with Crippen molar-refractivity contribution in [2.45, 2.75) is 13.0 Å². The third-order valence-electron chi connectivity index (χ3n) is 3.21. The zero-order valence-corrected chi connectivity index (χ0v) is 10.8. The largest absolute Gasteiger partial charge is 0.496 e. The van der Waals surface area contributed by atoms with Gasteiger partial charge in [0.15, 0.2) is 0 Å². The highest BCUT2D eigenvalue weighted by molar-refractivity contribution is 5.77. The van der Waals surface area contributed by atoms with Crippen molar-refractivity contribution in [1.29, 1.82) is 0 Å². The number of ether oxygens (including phenoxy) is 1. The van der Waals surface area contributed by atoms with E-state index in [0.29, 0.717) is 19.6 Å². The standard InChI is InChI=1S/C13H19N3O2/c1-9-7-10(3-4-12(9)18-2)11-8-16(6-5-14)13(17)15-11/h3-4,7,11H,5-6,8,14H2,1-2H3,(H,15,17). The SMILES string of the molecule is COc1ccc(C2CN(CCN)C(=O)N2)cc1C. The number of carbonyl (C=O) groups excluding carboxylic acids is 1. The number of carbonyl (C=O) groups is 1. The molecule has 2 rings (SSSR count). The van der Waals surface area contributed by atoms with Gasteiger partial charge in [-0.25, -0.2) is 4.79 Å². The smallest absolute Gasteiger partial charge is 0.318 e. The minimum atomic E-state index is -0.0427. The Morgan fingerprint density at radius 1 is 1.56 bits per heavy atom. The molecule has 0 radical (unpaired) electrons. The Balaban J connectivity index is 2.13. The molecule has 2 amide bonds. The van der Waals surface area contributed by atoms with E-state index >= 15 is 0 Å².